The molecule has 0 atom stereocenters. The van der Waals surface area contributed by atoms with Gasteiger partial charge in [0, 0.05) is 16.5 Å². The van der Waals surface area contributed by atoms with Crippen LogP contribution in [0.1, 0.15) is 16.1 Å². The summed E-state index contributed by atoms with van der Waals surface area (Å²) in [6, 6.07) is 12.5. The average molecular weight is 317 g/mol. The smallest absolute Gasteiger partial charge is 0.187 e. The summed E-state index contributed by atoms with van der Waals surface area (Å²) >= 11 is 11.9. The molecule has 0 radical (unpaired) electrons. The van der Waals surface area contributed by atoms with Gasteiger partial charge in [-0.3, -0.25) is 9.78 Å². The van der Waals surface area contributed by atoms with Crippen LogP contribution in [-0.4, -0.2) is 15.8 Å². The third-order valence-electron chi connectivity index (χ3n) is 3.10. The summed E-state index contributed by atoms with van der Waals surface area (Å²) in [5, 5.41) is 1.02. The van der Waals surface area contributed by atoms with Crippen molar-refractivity contribution in [2.75, 3.05) is 0 Å². The number of carbonyl (C=O) groups excluding carboxylic acids is 1. The van der Waals surface area contributed by atoms with Crippen LogP contribution < -0.4 is 0 Å². The number of fused-ring (bicyclic) bond motifs is 1. The Morgan fingerprint density at radius 2 is 1.81 bits per heavy atom. The zero-order chi connectivity index (χ0) is 14.8. The Bertz CT molecular complexity index is 833. The van der Waals surface area contributed by atoms with Crippen LogP contribution >= 0.6 is 23.2 Å². The summed E-state index contributed by atoms with van der Waals surface area (Å²) in [4.78, 5) is 20.9. The molecule has 2 aromatic carbocycles. The predicted molar refractivity (Wildman–Crippen MR) is 84.0 cm³/mol. The van der Waals surface area contributed by atoms with Crippen molar-refractivity contribution in [2.24, 2.45) is 0 Å². The molecule has 5 heteroatoms. The number of rotatable bonds is 3. The van der Waals surface area contributed by atoms with Gasteiger partial charge >= 0.3 is 0 Å². The van der Waals surface area contributed by atoms with Crippen LogP contribution in [0.3, 0.4) is 0 Å². The van der Waals surface area contributed by atoms with Gasteiger partial charge in [0.2, 0.25) is 0 Å². The lowest BCUT2D eigenvalue weighted by Gasteiger charge is -2.05. The van der Waals surface area contributed by atoms with Crippen LogP contribution in [0.25, 0.3) is 11.0 Å². The Labute approximate surface area is 131 Å². The predicted octanol–water partition coefficient (Wildman–Crippen LogP) is 4.36. The molecule has 1 aromatic heterocycles. The minimum absolute atomic E-state index is 0.127. The molecule has 0 saturated carbocycles. The number of hydrogen-bond acceptors (Lipinski definition) is 3. The van der Waals surface area contributed by atoms with Crippen LogP contribution in [-0.2, 0) is 6.42 Å². The highest BCUT2D eigenvalue weighted by Crippen LogP contribution is 2.22. The molecule has 0 aliphatic rings. The quantitative estimate of drug-likeness (QED) is 0.674. The number of halogens is 2. The first-order valence-corrected chi connectivity index (χ1v) is 7.08. The van der Waals surface area contributed by atoms with E-state index in [0.717, 1.165) is 11.1 Å². The van der Waals surface area contributed by atoms with E-state index < -0.39 is 0 Å². The standard InChI is InChI=1S/C16H10Cl2N2O/c17-11-6-5-10(12(18)8-11)7-16(21)15-9-19-13-3-1-2-4-14(13)20-15/h1-6,8-9H,7H2. The van der Waals surface area contributed by atoms with Crippen LogP contribution in [0.2, 0.25) is 10.0 Å². The first-order chi connectivity index (χ1) is 10.1. The van der Waals surface area contributed by atoms with Crippen molar-refractivity contribution >= 4 is 40.0 Å². The van der Waals surface area contributed by atoms with Crippen molar-refractivity contribution in [2.45, 2.75) is 6.42 Å². The van der Waals surface area contributed by atoms with Crippen LogP contribution in [0.4, 0.5) is 0 Å². The summed E-state index contributed by atoms with van der Waals surface area (Å²) in [5.41, 5.74) is 2.52. The number of nitrogens with zero attached hydrogens (tertiary/aromatic N) is 2. The summed E-state index contributed by atoms with van der Waals surface area (Å²) in [7, 11) is 0. The van der Waals surface area contributed by atoms with Crippen molar-refractivity contribution in [3.05, 3.63) is 70.0 Å². The van der Waals surface area contributed by atoms with Crippen LogP contribution in [0.5, 0.6) is 0 Å². The van der Waals surface area contributed by atoms with Crippen molar-refractivity contribution in [3.8, 4) is 0 Å². The number of ketones is 1. The van der Waals surface area contributed by atoms with E-state index >= 15 is 0 Å². The van der Waals surface area contributed by atoms with E-state index in [1.54, 1.807) is 18.2 Å². The molecule has 0 saturated heterocycles. The highest BCUT2D eigenvalue weighted by molar-refractivity contribution is 6.35. The Morgan fingerprint density at radius 1 is 1.05 bits per heavy atom. The minimum atomic E-state index is -0.127. The molecule has 21 heavy (non-hydrogen) atoms. The summed E-state index contributed by atoms with van der Waals surface area (Å²) in [5.74, 6) is -0.127. The highest BCUT2D eigenvalue weighted by atomic mass is 35.5. The Kier molecular flexibility index (Phi) is 3.86. The zero-order valence-corrected chi connectivity index (χ0v) is 12.4. The number of carbonyl (C=O) groups is 1. The molecule has 3 rings (SSSR count). The maximum atomic E-state index is 12.3. The van der Waals surface area contributed by atoms with E-state index in [2.05, 4.69) is 9.97 Å². The lowest BCUT2D eigenvalue weighted by atomic mass is 10.1. The molecular formula is C16H10Cl2N2O. The van der Waals surface area contributed by atoms with Gasteiger partial charge in [0.1, 0.15) is 5.69 Å². The number of hydrogen-bond donors (Lipinski definition) is 0. The van der Waals surface area contributed by atoms with E-state index in [0.29, 0.717) is 21.3 Å². The average Bonchev–Trinajstić information content (AvgIpc) is 2.49. The maximum absolute atomic E-state index is 12.3. The molecule has 3 nitrogen and oxygen atoms in total. The number of aromatic nitrogens is 2. The fourth-order valence-corrected chi connectivity index (χ4v) is 2.50. The molecule has 0 unspecified atom stereocenters. The largest absolute Gasteiger partial charge is 0.292 e. The Morgan fingerprint density at radius 3 is 2.57 bits per heavy atom. The van der Waals surface area contributed by atoms with Gasteiger partial charge in [-0.05, 0) is 29.8 Å². The molecule has 0 N–H and O–H groups in total. The fraction of sp³-hybridized carbons (Fsp3) is 0.0625. The van der Waals surface area contributed by atoms with Gasteiger partial charge in [-0.1, -0.05) is 41.4 Å². The second-order valence-corrected chi connectivity index (χ2v) is 5.42. The monoisotopic (exact) mass is 316 g/mol. The first-order valence-electron chi connectivity index (χ1n) is 6.32. The normalized spacial score (nSPS) is 10.8. The molecule has 0 amide bonds. The highest BCUT2D eigenvalue weighted by Gasteiger charge is 2.12. The van der Waals surface area contributed by atoms with E-state index in [-0.39, 0.29) is 12.2 Å². The van der Waals surface area contributed by atoms with Crippen molar-refractivity contribution < 1.29 is 4.79 Å². The van der Waals surface area contributed by atoms with Crippen molar-refractivity contribution in [3.63, 3.8) is 0 Å². The number of para-hydroxylation sites is 2. The maximum Gasteiger partial charge on any atom is 0.187 e. The molecule has 104 valence electrons. The van der Waals surface area contributed by atoms with E-state index in [9.17, 15) is 4.79 Å². The van der Waals surface area contributed by atoms with Gasteiger partial charge in [-0.2, -0.15) is 0 Å². The third-order valence-corrected chi connectivity index (χ3v) is 3.69. The zero-order valence-electron chi connectivity index (χ0n) is 10.9. The Balaban J connectivity index is 1.89. The van der Waals surface area contributed by atoms with Crippen molar-refractivity contribution in [1.82, 2.24) is 9.97 Å². The lowest BCUT2D eigenvalue weighted by Crippen LogP contribution is -2.07. The van der Waals surface area contributed by atoms with Crippen molar-refractivity contribution in [1.29, 1.82) is 0 Å². The van der Waals surface area contributed by atoms with Gasteiger partial charge < -0.3 is 0 Å². The summed E-state index contributed by atoms with van der Waals surface area (Å²) < 4.78 is 0. The first kappa shape index (κ1) is 14.0. The van der Waals surface area contributed by atoms with Gasteiger partial charge in [0.25, 0.3) is 0 Å². The van der Waals surface area contributed by atoms with E-state index in [4.69, 9.17) is 23.2 Å². The molecule has 3 aromatic rings. The van der Waals surface area contributed by atoms with Gasteiger partial charge in [0.15, 0.2) is 5.78 Å². The molecule has 0 fully saturated rings. The second-order valence-electron chi connectivity index (χ2n) is 4.58. The Hall–Kier alpha value is -1.97. The molecule has 1 heterocycles. The van der Waals surface area contributed by atoms with Gasteiger partial charge in [-0.25, -0.2) is 4.98 Å². The fourth-order valence-electron chi connectivity index (χ4n) is 2.02. The SMILES string of the molecule is O=C(Cc1ccc(Cl)cc1Cl)c1cnc2ccccc2n1. The third kappa shape index (κ3) is 3.04. The molecule has 0 spiro atoms. The summed E-state index contributed by atoms with van der Waals surface area (Å²) in [6.07, 6.45) is 1.66. The van der Waals surface area contributed by atoms with E-state index in [1.165, 1.54) is 6.20 Å². The number of Topliss-reactive ketones (excluding diaryl/α,β-unsaturated/α-hetero) is 1. The van der Waals surface area contributed by atoms with Gasteiger partial charge in [-0.15, -0.1) is 0 Å². The molecule has 0 aliphatic carbocycles. The summed E-state index contributed by atoms with van der Waals surface area (Å²) in [6.45, 7) is 0. The topological polar surface area (TPSA) is 42.9 Å². The molecule has 0 aliphatic heterocycles. The molecular weight excluding hydrogens is 307 g/mol. The lowest BCUT2D eigenvalue weighted by molar-refractivity contribution is 0.0988. The van der Waals surface area contributed by atoms with Crippen LogP contribution in [0, 0.1) is 0 Å². The minimum Gasteiger partial charge on any atom is -0.292 e. The van der Waals surface area contributed by atoms with Gasteiger partial charge in [0.05, 0.1) is 17.2 Å². The number of benzene rings is 2. The van der Waals surface area contributed by atoms with Crippen LogP contribution in [0.15, 0.2) is 48.7 Å². The second kappa shape index (κ2) is 5.80. The molecule has 0 bridgehead atoms. The van der Waals surface area contributed by atoms with E-state index in [1.807, 2.05) is 24.3 Å².